The molecule has 0 saturated carbocycles. The summed E-state index contributed by atoms with van der Waals surface area (Å²) in [6, 6.07) is 2.78. The first-order valence-electron chi connectivity index (χ1n) is 10.6. The number of hydrogen-bond donors (Lipinski definition) is 1. The third kappa shape index (κ3) is 6.27. The number of sulfonamides is 1. The molecule has 2 rings (SSSR count). The summed E-state index contributed by atoms with van der Waals surface area (Å²) in [7, 11) is -7.71. The van der Waals surface area contributed by atoms with Crippen molar-refractivity contribution in [2.24, 2.45) is 11.8 Å². The van der Waals surface area contributed by atoms with Crippen LogP contribution in [0.1, 0.15) is 46.1 Å². The Morgan fingerprint density at radius 2 is 1.64 bits per heavy atom. The van der Waals surface area contributed by atoms with Crippen LogP contribution in [0.2, 0.25) is 0 Å². The Labute approximate surface area is 193 Å². The first kappa shape index (κ1) is 27.6. The van der Waals surface area contributed by atoms with Crippen molar-refractivity contribution in [2.75, 3.05) is 19.3 Å². The standard InChI is InChI=1S/C21H31F3N2O5S2/c1-14(2)18(25-32(5,28)29)19(27)26-11-9-15(10-12-26)20(3,4)33(30,31)17-8-6-7-16(13-17)21(22,23)24/h6-8,13-15,18,25H,9-12H2,1-5H3/t18-/m1/s1. The third-order valence-electron chi connectivity index (χ3n) is 6.23. The molecule has 12 heteroatoms. The molecule has 0 radical (unpaired) electrons. The lowest BCUT2D eigenvalue weighted by molar-refractivity contribution is -0.138. The summed E-state index contributed by atoms with van der Waals surface area (Å²) in [5, 5.41) is 0. The van der Waals surface area contributed by atoms with Gasteiger partial charge < -0.3 is 4.90 Å². The summed E-state index contributed by atoms with van der Waals surface area (Å²) in [6.45, 7) is 6.87. The minimum atomic E-state index is -4.66. The van der Waals surface area contributed by atoms with E-state index >= 15 is 0 Å². The average molecular weight is 513 g/mol. The van der Waals surface area contributed by atoms with Crippen molar-refractivity contribution in [1.82, 2.24) is 9.62 Å². The Hall–Kier alpha value is -1.66. The quantitative estimate of drug-likeness (QED) is 0.605. The smallest absolute Gasteiger partial charge is 0.341 e. The van der Waals surface area contributed by atoms with Crippen LogP contribution < -0.4 is 4.72 Å². The minimum absolute atomic E-state index is 0.222. The molecule has 7 nitrogen and oxygen atoms in total. The lowest BCUT2D eigenvalue weighted by Crippen LogP contribution is -2.54. The highest BCUT2D eigenvalue weighted by molar-refractivity contribution is 7.92. The maximum absolute atomic E-state index is 13.3. The number of benzene rings is 1. The highest BCUT2D eigenvalue weighted by Crippen LogP contribution is 2.39. The number of amides is 1. The van der Waals surface area contributed by atoms with Gasteiger partial charge in [-0.15, -0.1) is 0 Å². The van der Waals surface area contributed by atoms with Crippen molar-refractivity contribution >= 4 is 25.8 Å². The van der Waals surface area contributed by atoms with Crippen LogP contribution in [0.4, 0.5) is 13.2 Å². The highest BCUT2D eigenvalue weighted by Gasteiger charge is 2.45. The van der Waals surface area contributed by atoms with Crippen LogP contribution in [0.5, 0.6) is 0 Å². The number of piperidine rings is 1. The van der Waals surface area contributed by atoms with Gasteiger partial charge in [0.2, 0.25) is 15.9 Å². The van der Waals surface area contributed by atoms with E-state index < -0.39 is 53.2 Å². The van der Waals surface area contributed by atoms with Gasteiger partial charge in [-0.2, -0.15) is 13.2 Å². The SMILES string of the molecule is CC(C)[C@@H](NS(C)(=O)=O)C(=O)N1CCC(C(C)(C)S(=O)(=O)c2cccc(C(F)(F)F)c2)CC1. The fourth-order valence-corrected chi connectivity index (χ4v) is 6.71. The first-order valence-corrected chi connectivity index (χ1v) is 13.9. The molecule has 188 valence electrons. The van der Waals surface area contributed by atoms with E-state index in [0.717, 1.165) is 24.5 Å². The highest BCUT2D eigenvalue weighted by atomic mass is 32.2. The van der Waals surface area contributed by atoms with Gasteiger partial charge in [0, 0.05) is 13.1 Å². The van der Waals surface area contributed by atoms with Crippen LogP contribution in [0.15, 0.2) is 29.2 Å². The second kappa shape index (κ2) is 9.53. The molecular formula is C21H31F3N2O5S2. The van der Waals surface area contributed by atoms with E-state index in [1.54, 1.807) is 13.8 Å². The van der Waals surface area contributed by atoms with E-state index in [1.807, 2.05) is 0 Å². The number of alkyl halides is 3. The fraction of sp³-hybridized carbons (Fsp3) is 0.667. The van der Waals surface area contributed by atoms with Gasteiger partial charge in [0.05, 0.1) is 21.5 Å². The van der Waals surface area contributed by atoms with Crippen LogP contribution >= 0.6 is 0 Å². The summed E-state index contributed by atoms with van der Waals surface area (Å²) in [5.41, 5.74) is -1.03. The molecule has 1 aliphatic heterocycles. The van der Waals surface area contributed by atoms with Crippen molar-refractivity contribution in [3.8, 4) is 0 Å². The zero-order valence-corrected chi connectivity index (χ0v) is 20.9. The zero-order valence-electron chi connectivity index (χ0n) is 19.3. The van der Waals surface area contributed by atoms with Gasteiger partial charge in [0.25, 0.3) is 0 Å². The largest absolute Gasteiger partial charge is 0.416 e. The molecule has 0 spiro atoms. The van der Waals surface area contributed by atoms with Crippen LogP contribution in [0.25, 0.3) is 0 Å². The van der Waals surface area contributed by atoms with E-state index in [0.29, 0.717) is 18.9 Å². The van der Waals surface area contributed by atoms with Crippen LogP contribution in [-0.4, -0.2) is 57.8 Å². The van der Waals surface area contributed by atoms with Crippen LogP contribution in [-0.2, 0) is 30.8 Å². The Morgan fingerprint density at radius 3 is 2.09 bits per heavy atom. The van der Waals surface area contributed by atoms with E-state index in [1.165, 1.54) is 18.7 Å². The lowest BCUT2D eigenvalue weighted by atomic mass is 9.85. The number of likely N-dealkylation sites (tertiary alicyclic amines) is 1. The number of rotatable bonds is 7. The Morgan fingerprint density at radius 1 is 1.09 bits per heavy atom. The number of sulfone groups is 1. The Bertz CT molecular complexity index is 1080. The number of carbonyl (C=O) groups excluding carboxylic acids is 1. The van der Waals surface area contributed by atoms with Crippen molar-refractivity contribution in [3.05, 3.63) is 29.8 Å². The topological polar surface area (TPSA) is 101 Å². The normalized spacial score (nSPS) is 17.9. The van der Waals surface area contributed by atoms with Crippen molar-refractivity contribution in [1.29, 1.82) is 0 Å². The molecular weight excluding hydrogens is 481 g/mol. The average Bonchev–Trinajstić information content (AvgIpc) is 2.70. The van der Waals surface area contributed by atoms with Gasteiger partial charge in [-0.05, 0) is 56.7 Å². The summed E-state index contributed by atoms with van der Waals surface area (Å²) in [4.78, 5) is 14.0. The monoisotopic (exact) mass is 512 g/mol. The lowest BCUT2D eigenvalue weighted by Gasteiger charge is -2.41. The summed E-state index contributed by atoms with van der Waals surface area (Å²) in [5.74, 6) is -1.07. The predicted molar refractivity (Wildman–Crippen MR) is 119 cm³/mol. The third-order valence-corrected chi connectivity index (χ3v) is 9.50. The molecule has 0 aliphatic carbocycles. The molecule has 1 amide bonds. The van der Waals surface area contributed by atoms with Crippen LogP contribution in [0.3, 0.4) is 0 Å². The predicted octanol–water partition coefficient (Wildman–Crippen LogP) is 3.07. The fourth-order valence-electron chi connectivity index (χ4n) is 4.06. The van der Waals surface area contributed by atoms with E-state index in [9.17, 15) is 34.8 Å². The molecule has 1 atom stereocenters. The molecule has 0 aromatic heterocycles. The Kier molecular flexibility index (Phi) is 7.97. The molecule has 1 heterocycles. The zero-order chi connectivity index (χ0) is 25.4. The van der Waals surface area contributed by atoms with Gasteiger partial charge in [-0.25, -0.2) is 21.6 Å². The van der Waals surface area contributed by atoms with Gasteiger partial charge in [0.15, 0.2) is 9.84 Å². The number of hydrogen-bond acceptors (Lipinski definition) is 5. The molecule has 1 N–H and O–H groups in total. The Balaban J connectivity index is 2.20. The van der Waals surface area contributed by atoms with Gasteiger partial charge in [0.1, 0.15) is 6.04 Å². The second-order valence-corrected chi connectivity index (χ2v) is 13.7. The summed E-state index contributed by atoms with van der Waals surface area (Å²) < 4.78 is 90.0. The molecule has 1 fully saturated rings. The molecule has 33 heavy (non-hydrogen) atoms. The summed E-state index contributed by atoms with van der Waals surface area (Å²) >= 11 is 0. The number of nitrogens with one attached hydrogen (secondary N) is 1. The maximum Gasteiger partial charge on any atom is 0.416 e. The molecule has 0 unspecified atom stereocenters. The van der Waals surface area contributed by atoms with Crippen molar-refractivity contribution in [3.63, 3.8) is 0 Å². The number of nitrogens with zero attached hydrogens (tertiary/aromatic N) is 1. The van der Waals surface area contributed by atoms with E-state index in [4.69, 9.17) is 0 Å². The maximum atomic E-state index is 13.3. The van der Waals surface area contributed by atoms with E-state index in [2.05, 4.69) is 4.72 Å². The molecule has 1 saturated heterocycles. The van der Waals surface area contributed by atoms with E-state index in [-0.39, 0.29) is 24.9 Å². The molecule has 1 aromatic rings. The van der Waals surface area contributed by atoms with Crippen LogP contribution in [0, 0.1) is 11.8 Å². The van der Waals surface area contributed by atoms with Gasteiger partial charge in [-0.3, -0.25) is 4.79 Å². The number of carbonyl (C=O) groups is 1. The van der Waals surface area contributed by atoms with Gasteiger partial charge >= 0.3 is 6.18 Å². The number of halogens is 3. The molecule has 0 bridgehead atoms. The molecule has 1 aromatic carbocycles. The summed E-state index contributed by atoms with van der Waals surface area (Å²) in [6.07, 6.45) is -3.04. The van der Waals surface area contributed by atoms with Crippen molar-refractivity contribution < 1.29 is 34.8 Å². The first-order chi connectivity index (χ1) is 14.9. The second-order valence-electron chi connectivity index (χ2n) is 9.34. The minimum Gasteiger partial charge on any atom is -0.341 e. The van der Waals surface area contributed by atoms with Crippen molar-refractivity contribution in [2.45, 2.75) is 62.4 Å². The molecule has 1 aliphatic rings. The van der Waals surface area contributed by atoms with Gasteiger partial charge in [-0.1, -0.05) is 19.9 Å².